The standard InChI is InChI=1S/C15H17ClFN3S2/c1-20(2)13(14-4-3-7-22-14)9-18-15(21)19-10-5-6-12(17)11(16)8-10/h3-8,13H,9H2,1-2H3,(H2,18,19,21)/p+1/t13-/m1/s1. The Balaban J connectivity index is 1.92. The molecule has 1 atom stereocenters. The molecule has 0 saturated heterocycles. The molecule has 7 heteroatoms. The highest BCUT2D eigenvalue weighted by Gasteiger charge is 2.18. The van der Waals surface area contributed by atoms with E-state index < -0.39 is 5.82 Å². The van der Waals surface area contributed by atoms with Crippen LogP contribution in [-0.4, -0.2) is 25.8 Å². The highest BCUT2D eigenvalue weighted by atomic mass is 35.5. The SMILES string of the molecule is C[NH+](C)[C@H](CNC(=S)Nc1ccc(F)c(Cl)c1)c1cccs1. The summed E-state index contributed by atoms with van der Waals surface area (Å²) in [5, 5.41) is 8.85. The molecule has 22 heavy (non-hydrogen) atoms. The van der Waals surface area contributed by atoms with Gasteiger partial charge in [-0.3, -0.25) is 0 Å². The van der Waals surface area contributed by atoms with Crippen LogP contribution in [0.2, 0.25) is 5.02 Å². The molecule has 1 aromatic heterocycles. The molecule has 0 aliphatic carbocycles. The molecule has 0 amide bonds. The largest absolute Gasteiger partial charge is 0.356 e. The van der Waals surface area contributed by atoms with Crippen LogP contribution < -0.4 is 15.5 Å². The van der Waals surface area contributed by atoms with Gasteiger partial charge in [-0.1, -0.05) is 17.7 Å². The first kappa shape index (κ1) is 17.1. The molecule has 0 unspecified atom stereocenters. The van der Waals surface area contributed by atoms with E-state index in [9.17, 15) is 4.39 Å². The zero-order valence-corrected chi connectivity index (χ0v) is 14.7. The first-order chi connectivity index (χ1) is 10.5. The Labute approximate surface area is 144 Å². The summed E-state index contributed by atoms with van der Waals surface area (Å²) in [6, 6.07) is 8.91. The lowest BCUT2D eigenvalue weighted by molar-refractivity contribution is -0.890. The number of benzene rings is 1. The van der Waals surface area contributed by atoms with Crippen LogP contribution in [0.3, 0.4) is 0 Å². The van der Waals surface area contributed by atoms with E-state index in [0.717, 1.165) is 0 Å². The molecule has 0 bridgehead atoms. The summed E-state index contributed by atoms with van der Waals surface area (Å²) in [5.74, 6) is -0.444. The number of hydrogen-bond donors (Lipinski definition) is 3. The average molecular weight is 359 g/mol. The zero-order chi connectivity index (χ0) is 16.1. The van der Waals surface area contributed by atoms with Crippen molar-refractivity contribution in [3.8, 4) is 0 Å². The van der Waals surface area contributed by atoms with Crippen molar-refractivity contribution < 1.29 is 9.29 Å². The molecular weight excluding hydrogens is 341 g/mol. The maximum absolute atomic E-state index is 13.1. The smallest absolute Gasteiger partial charge is 0.171 e. The Kier molecular flexibility index (Phi) is 6.14. The van der Waals surface area contributed by atoms with Crippen molar-refractivity contribution in [2.75, 3.05) is 26.0 Å². The van der Waals surface area contributed by atoms with Crippen LogP contribution in [0.5, 0.6) is 0 Å². The van der Waals surface area contributed by atoms with E-state index in [-0.39, 0.29) is 5.02 Å². The second kappa shape index (κ2) is 7.87. The van der Waals surface area contributed by atoms with Gasteiger partial charge in [-0.15, -0.1) is 11.3 Å². The molecular formula is C15H18ClFN3S2+. The van der Waals surface area contributed by atoms with Crippen LogP contribution in [0.25, 0.3) is 0 Å². The number of anilines is 1. The minimum absolute atomic E-state index is 0.0713. The third-order valence-electron chi connectivity index (χ3n) is 3.23. The normalized spacial score (nSPS) is 12.2. The molecule has 0 fully saturated rings. The van der Waals surface area contributed by atoms with Crippen LogP contribution in [0.1, 0.15) is 10.9 Å². The number of thiophene rings is 1. The zero-order valence-electron chi connectivity index (χ0n) is 12.3. The summed E-state index contributed by atoms with van der Waals surface area (Å²) >= 11 is 12.8. The lowest BCUT2D eigenvalue weighted by Crippen LogP contribution is -3.06. The number of likely N-dealkylation sites (N-methyl/N-ethyl adjacent to an activating group) is 1. The minimum atomic E-state index is -0.444. The first-order valence-electron chi connectivity index (χ1n) is 6.80. The summed E-state index contributed by atoms with van der Waals surface area (Å²) in [6.07, 6.45) is 0. The van der Waals surface area contributed by atoms with E-state index >= 15 is 0 Å². The summed E-state index contributed by atoms with van der Waals surface area (Å²) in [5.41, 5.74) is 0.661. The topological polar surface area (TPSA) is 28.5 Å². The van der Waals surface area contributed by atoms with Crippen molar-refractivity contribution in [2.45, 2.75) is 6.04 Å². The van der Waals surface area contributed by atoms with E-state index in [4.69, 9.17) is 23.8 Å². The Hall–Kier alpha value is -1.21. The van der Waals surface area contributed by atoms with E-state index in [1.165, 1.54) is 21.9 Å². The molecule has 0 saturated carbocycles. The Bertz CT molecular complexity index is 632. The molecule has 0 spiro atoms. The maximum Gasteiger partial charge on any atom is 0.171 e. The van der Waals surface area contributed by atoms with Crippen LogP contribution in [-0.2, 0) is 0 Å². The van der Waals surface area contributed by atoms with E-state index in [1.54, 1.807) is 17.4 Å². The van der Waals surface area contributed by atoms with Crippen LogP contribution in [0.4, 0.5) is 10.1 Å². The van der Waals surface area contributed by atoms with Crippen molar-refractivity contribution in [2.24, 2.45) is 0 Å². The van der Waals surface area contributed by atoms with Crippen LogP contribution >= 0.6 is 35.2 Å². The summed E-state index contributed by atoms with van der Waals surface area (Å²) in [7, 11) is 4.23. The van der Waals surface area contributed by atoms with Gasteiger partial charge in [0, 0.05) is 5.69 Å². The van der Waals surface area contributed by atoms with Crippen molar-refractivity contribution in [3.63, 3.8) is 0 Å². The third kappa shape index (κ3) is 4.64. The first-order valence-corrected chi connectivity index (χ1v) is 8.47. The Morgan fingerprint density at radius 1 is 1.41 bits per heavy atom. The van der Waals surface area contributed by atoms with E-state index in [1.807, 2.05) is 6.07 Å². The van der Waals surface area contributed by atoms with Crippen molar-refractivity contribution in [1.82, 2.24) is 5.32 Å². The van der Waals surface area contributed by atoms with Crippen LogP contribution in [0.15, 0.2) is 35.7 Å². The molecule has 0 radical (unpaired) electrons. The average Bonchev–Trinajstić information content (AvgIpc) is 2.97. The molecule has 3 N–H and O–H groups in total. The van der Waals surface area contributed by atoms with Gasteiger partial charge in [-0.2, -0.15) is 0 Å². The predicted octanol–water partition coefficient (Wildman–Crippen LogP) is 2.71. The van der Waals surface area contributed by atoms with Gasteiger partial charge in [-0.25, -0.2) is 4.39 Å². The third-order valence-corrected chi connectivity index (χ3v) is 4.75. The summed E-state index contributed by atoms with van der Waals surface area (Å²) in [4.78, 5) is 2.63. The van der Waals surface area contributed by atoms with Gasteiger partial charge < -0.3 is 15.5 Å². The molecule has 0 aliphatic heterocycles. The second-order valence-electron chi connectivity index (χ2n) is 5.11. The second-order valence-corrected chi connectivity index (χ2v) is 6.90. The van der Waals surface area contributed by atoms with Crippen molar-refractivity contribution in [3.05, 3.63) is 51.4 Å². The number of nitrogens with one attached hydrogen (secondary N) is 3. The Morgan fingerprint density at radius 3 is 2.77 bits per heavy atom. The highest BCUT2D eigenvalue weighted by Crippen LogP contribution is 2.19. The molecule has 2 aromatic rings. The molecule has 1 aromatic carbocycles. The lowest BCUT2D eigenvalue weighted by Gasteiger charge is -2.21. The quantitative estimate of drug-likeness (QED) is 0.718. The molecule has 0 aliphatic rings. The van der Waals surface area contributed by atoms with E-state index in [0.29, 0.717) is 23.4 Å². The van der Waals surface area contributed by atoms with E-state index in [2.05, 4.69) is 36.2 Å². The Morgan fingerprint density at radius 2 is 2.18 bits per heavy atom. The van der Waals surface area contributed by atoms with Gasteiger partial charge in [0.2, 0.25) is 0 Å². The number of rotatable bonds is 5. The fourth-order valence-electron chi connectivity index (χ4n) is 2.02. The molecule has 2 rings (SSSR count). The van der Waals surface area contributed by atoms with Crippen LogP contribution in [0, 0.1) is 5.82 Å². The van der Waals surface area contributed by atoms with Crippen molar-refractivity contribution in [1.29, 1.82) is 0 Å². The van der Waals surface area contributed by atoms with Gasteiger partial charge in [0.05, 0.1) is 30.5 Å². The molecule has 118 valence electrons. The van der Waals surface area contributed by atoms with Gasteiger partial charge in [-0.05, 0) is 41.9 Å². The van der Waals surface area contributed by atoms with Gasteiger partial charge >= 0.3 is 0 Å². The monoisotopic (exact) mass is 358 g/mol. The summed E-state index contributed by atoms with van der Waals surface area (Å²) in [6.45, 7) is 0.712. The lowest BCUT2D eigenvalue weighted by atomic mass is 10.2. The fourth-order valence-corrected chi connectivity index (χ4v) is 3.36. The van der Waals surface area contributed by atoms with Gasteiger partial charge in [0.15, 0.2) is 5.11 Å². The molecule has 3 nitrogen and oxygen atoms in total. The van der Waals surface area contributed by atoms with Crippen molar-refractivity contribution >= 4 is 46.0 Å². The predicted molar refractivity (Wildman–Crippen MR) is 95.5 cm³/mol. The van der Waals surface area contributed by atoms with Gasteiger partial charge in [0.25, 0.3) is 0 Å². The maximum atomic E-state index is 13.1. The molecule has 1 heterocycles. The highest BCUT2D eigenvalue weighted by molar-refractivity contribution is 7.80. The summed E-state index contributed by atoms with van der Waals surface area (Å²) < 4.78 is 13.1. The number of thiocarbonyl (C=S) groups is 1. The number of quaternary nitrogens is 1. The number of hydrogen-bond acceptors (Lipinski definition) is 2. The fraction of sp³-hybridized carbons (Fsp3) is 0.267. The number of halogens is 2. The minimum Gasteiger partial charge on any atom is -0.356 e. The van der Waals surface area contributed by atoms with Gasteiger partial charge in [0.1, 0.15) is 11.9 Å².